The maximum absolute atomic E-state index is 12.9. The number of anilines is 2. The Hall–Kier alpha value is -3.62. The van der Waals surface area contributed by atoms with Crippen molar-refractivity contribution in [3.63, 3.8) is 0 Å². The van der Waals surface area contributed by atoms with Gasteiger partial charge in [0.1, 0.15) is 6.54 Å². The summed E-state index contributed by atoms with van der Waals surface area (Å²) >= 11 is 0. The molecule has 2 heterocycles. The van der Waals surface area contributed by atoms with Crippen molar-refractivity contribution < 1.29 is 19.2 Å². The molecule has 156 valence electrons. The normalized spacial score (nSPS) is 16.2. The summed E-state index contributed by atoms with van der Waals surface area (Å²) < 4.78 is 5.14. The van der Waals surface area contributed by atoms with Crippen molar-refractivity contribution in [3.8, 4) is 5.75 Å². The van der Waals surface area contributed by atoms with Gasteiger partial charge in [-0.25, -0.2) is 4.79 Å². The van der Waals surface area contributed by atoms with Crippen LogP contribution >= 0.6 is 0 Å². The molecule has 0 radical (unpaired) electrons. The van der Waals surface area contributed by atoms with Gasteiger partial charge in [0, 0.05) is 37.9 Å². The number of benzene rings is 2. The molecule has 0 unspecified atom stereocenters. The van der Waals surface area contributed by atoms with E-state index in [2.05, 4.69) is 30.0 Å². The third kappa shape index (κ3) is 4.05. The zero-order valence-electron chi connectivity index (χ0n) is 16.6. The summed E-state index contributed by atoms with van der Waals surface area (Å²) in [7, 11) is 0. The van der Waals surface area contributed by atoms with Gasteiger partial charge in [0.05, 0.1) is 23.2 Å². The van der Waals surface area contributed by atoms with Gasteiger partial charge in [0.25, 0.3) is 5.69 Å². The molecule has 0 aromatic heterocycles. The van der Waals surface area contributed by atoms with Gasteiger partial charge in [-0.1, -0.05) is 12.1 Å². The van der Waals surface area contributed by atoms with Gasteiger partial charge in [-0.2, -0.15) is 0 Å². The first-order chi connectivity index (χ1) is 14.4. The van der Waals surface area contributed by atoms with Gasteiger partial charge in [-0.05, 0) is 30.7 Å². The number of nitro groups is 1. The average Bonchev–Trinajstić information content (AvgIpc) is 2.73. The molecule has 0 atom stereocenters. The number of hydrogen-bond acceptors (Lipinski definition) is 7. The molecule has 0 saturated carbocycles. The first-order valence-corrected chi connectivity index (χ1v) is 9.74. The van der Waals surface area contributed by atoms with Crippen molar-refractivity contribution in [1.29, 1.82) is 0 Å². The van der Waals surface area contributed by atoms with Gasteiger partial charge in [-0.15, -0.1) is 0 Å². The fourth-order valence-electron chi connectivity index (χ4n) is 3.80. The van der Waals surface area contributed by atoms with Crippen LogP contribution in [-0.4, -0.2) is 61.0 Å². The highest BCUT2D eigenvalue weighted by molar-refractivity contribution is 5.89. The third-order valence-electron chi connectivity index (χ3n) is 5.36. The maximum Gasteiger partial charge on any atom is 0.331 e. The van der Waals surface area contributed by atoms with E-state index in [0.29, 0.717) is 18.8 Å². The van der Waals surface area contributed by atoms with E-state index in [4.69, 9.17) is 4.74 Å². The standard InChI is InChI=1S/C21H22N4O5/c1-15-3-2-4-16(11-15)22-7-9-23(10-8-22)20(26)13-24-14-21(27)30-19-12-17(25(28)29)5-6-18(19)24/h2-6,11-12H,7-10,13-14H2,1H3. The Morgan fingerprint density at radius 2 is 1.90 bits per heavy atom. The zero-order chi connectivity index (χ0) is 21.3. The van der Waals surface area contributed by atoms with E-state index >= 15 is 0 Å². The van der Waals surface area contributed by atoms with Gasteiger partial charge in [-0.3, -0.25) is 14.9 Å². The molecule has 2 aliphatic heterocycles. The minimum atomic E-state index is -0.550. The molecule has 30 heavy (non-hydrogen) atoms. The van der Waals surface area contributed by atoms with Crippen molar-refractivity contribution in [2.45, 2.75) is 6.92 Å². The summed E-state index contributed by atoms with van der Waals surface area (Å²) in [6.45, 7) is 4.67. The fourth-order valence-corrected chi connectivity index (χ4v) is 3.80. The van der Waals surface area contributed by atoms with Crippen molar-refractivity contribution in [3.05, 3.63) is 58.1 Å². The number of carbonyl (C=O) groups excluding carboxylic acids is 2. The Balaban J connectivity index is 1.41. The van der Waals surface area contributed by atoms with Crippen molar-refractivity contribution in [2.75, 3.05) is 49.1 Å². The first kappa shape index (κ1) is 19.7. The second-order valence-corrected chi connectivity index (χ2v) is 7.45. The van der Waals surface area contributed by atoms with Gasteiger partial charge < -0.3 is 19.4 Å². The van der Waals surface area contributed by atoms with Crippen LogP contribution in [0, 0.1) is 17.0 Å². The molecule has 1 saturated heterocycles. The second-order valence-electron chi connectivity index (χ2n) is 7.45. The van der Waals surface area contributed by atoms with Crippen LogP contribution in [0.4, 0.5) is 17.1 Å². The number of piperazine rings is 1. The molecule has 0 N–H and O–H groups in total. The number of non-ortho nitro benzene ring substituents is 1. The Labute approximate surface area is 173 Å². The summed E-state index contributed by atoms with van der Waals surface area (Å²) in [6, 6.07) is 12.4. The van der Waals surface area contributed by atoms with Gasteiger partial charge in [0.15, 0.2) is 5.75 Å². The minimum absolute atomic E-state index is 0.0182. The van der Waals surface area contributed by atoms with E-state index in [-0.39, 0.29) is 30.4 Å². The van der Waals surface area contributed by atoms with E-state index in [1.54, 1.807) is 9.80 Å². The smallest absolute Gasteiger partial charge is 0.331 e. The predicted molar refractivity (Wildman–Crippen MR) is 111 cm³/mol. The molecular formula is C21H22N4O5. The van der Waals surface area contributed by atoms with Crippen molar-refractivity contribution >= 4 is 28.9 Å². The van der Waals surface area contributed by atoms with E-state index in [0.717, 1.165) is 18.8 Å². The lowest BCUT2D eigenvalue weighted by Gasteiger charge is -2.37. The maximum atomic E-state index is 12.9. The van der Waals surface area contributed by atoms with Gasteiger partial charge >= 0.3 is 5.97 Å². The average molecular weight is 410 g/mol. The Morgan fingerprint density at radius 3 is 2.60 bits per heavy atom. The van der Waals surface area contributed by atoms with E-state index < -0.39 is 10.9 Å². The lowest BCUT2D eigenvalue weighted by Crippen LogP contribution is -2.52. The molecule has 0 aliphatic carbocycles. The Morgan fingerprint density at radius 1 is 1.13 bits per heavy atom. The molecule has 1 fully saturated rings. The number of carbonyl (C=O) groups is 2. The number of hydrogen-bond donors (Lipinski definition) is 0. The summed E-state index contributed by atoms with van der Waals surface area (Å²) in [5.41, 5.74) is 2.69. The van der Waals surface area contributed by atoms with E-state index in [1.807, 2.05) is 6.07 Å². The molecule has 0 bridgehead atoms. The highest BCUT2D eigenvalue weighted by Crippen LogP contribution is 2.35. The summed E-state index contributed by atoms with van der Waals surface area (Å²) in [4.78, 5) is 40.9. The molecule has 2 aromatic carbocycles. The monoisotopic (exact) mass is 410 g/mol. The number of aryl methyl sites for hydroxylation is 1. The molecule has 9 nitrogen and oxygen atoms in total. The lowest BCUT2D eigenvalue weighted by molar-refractivity contribution is -0.384. The van der Waals surface area contributed by atoms with E-state index in [1.165, 1.54) is 23.8 Å². The molecular weight excluding hydrogens is 388 g/mol. The van der Waals surface area contributed by atoms with Crippen molar-refractivity contribution in [2.24, 2.45) is 0 Å². The van der Waals surface area contributed by atoms with Crippen LogP contribution in [0.1, 0.15) is 5.56 Å². The molecule has 1 amide bonds. The largest absolute Gasteiger partial charge is 0.423 e. The third-order valence-corrected chi connectivity index (χ3v) is 5.36. The number of nitrogens with zero attached hydrogens (tertiary/aromatic N) is 4. The number of nitro benzene ring substituents is 1. The number of amides is 1. The minimum Gasteiger partial charge on any atom is -0.423 e. The number of rotatable bonds is 4. The molecule has 4 rings (SSSR count). The van der Waals surface area contributed by atoms with E-state index in [9.17, 15) is 19.7 Å². The molecule has 9 heteroatoms. The summed E-state index contributed by atoms with van der Waals surface area (Å²) in [5, 5.41) is 11.0. The first-order valence-electron chi connectivity index (χ1n) is 9.74. The molecule has 2 aliphatic rings. The van der Waals surface area contributed by atoms with Crippen LogP contribution in [0.3, 0.4) is 0 Å². The van der Waals surface area contributed by atoms with Gasteiger partial charge in [0.2, 0.25) is 5.91 Å². The predicted octanol–water partition coefficient (Wildman–Crippen LogP) is 1.98. The SMILES string of the molecule is Cc1cccc(N2CCN(C(=O)CN3CC(=O)Oc4cc([N+](=O)[O-])ccc43)CC2)c1. The molecule has 2 aromatic rings. The highest BCUT2D eigenvalue weighted by atomic mass is 16.6. The molecule has 0 spiro atoms. The number of ether oxygens (including phenoxy) is 1. The highest BCUT2D eigenvalue weighted by Gasteiger charge is 2.30. The summed E-state index contributed by atoms with van der Waals surface area (Å²) in [6.07, 6.45) is 0. The number of esters is 1. The van der Waals surface area contributed by atoms with Crippen LogP contribution in [-0.2, 0) is 9.59 Å². The number of fused-ring (bicyclic) bond motifs is 1. The fraction of sp³-hybridized carbons (Fsp3) is 0.333. The Bertz CT molecular complexity index is 1000. The van der Waals surface area contributed by atoms with Crippen LogP contribution in [0.5, 0.6) is 5.75 Å². The van der Waals surface area contributed by atoms with Crippen LogP contribution in [0.15, 0.2) is 42.5 Å². The van der Waals surface area contributed by atoms with Crippen LogP contribution in [0.2, 0.25) is 0 Å². The van der Waals surface area contributed by atoms with Crippen molar-refractivity contribution in [1.82, 2.24) is 4.90 Å². The second kappa shape index (κ2) is 8.02. The Kier molecular flexibility index (Phi) is 5.26. The van der Waals surface area contributed by atoms with Crippen LogP contribution in [0.25, 0.3) is 0 Å². The zero-order valence-corrected chi connectivity index (χ0v) is 16.6. The topological polar surface area (TPSA) is 96.2 Å². The quantitative estimate of drug-likeness (QED) is 0.329. The van der Waals surface area contributed by atoms with Crippen LogP contribution < -0.4 is 14.5 Å². The summed E-state index contributed by atoms with van der Waals surface area (Å²) in [5.74, 6) is -0.518. The lowest BCUT2D eigenvalue weighted by atomic mass is 10.2.